The van der Waals surface area contributed by atoms with Gasteiger partial charge in [-0.15, -0.1) is 11.8 Å². The Morgan fingerprint density at radius 1 is 1.29 bits per heavy atom. The van der Waals surface area contributed by atoms with Gasteiger partial charge in [0.25, 0.3) is 0 Å². The number of hydrogen-bond acceptors (Lipinski definition) is 3. The Morgan fingerprint density at radius 3 is 2.82 bits per heavy atom. The molecule has 0 bridgehead atoms. The van der Waals surface area contributed by atoms with Gasteiger partial charge in [0, 0.05) is 16.7 Å². The first-order valence-electron chi connectivity index (χ1n) is 5.71. The van der Waals surface area contributed by atoms with E-state index in [2.05, 4.69) is 48.0 Å². The summed E-state index contributed by atoms with van der Waals surface area (Å²) in [6.45, 7) is 2.15. The summed E-state index contributed by atoms with van der Waals surface area (Å²) in [6.07, 6.45) is 0.975. The van der Waals surface area contributed by atoms with Gasteiger partial charge in [0.05, 0.1) is 0 Å². The summed E-state index contributed by atoms with van der Waals surface area (Å²) >= 11 is 3.59. The molecule has 1 atom stereocenters. The van der Waals surface area contributed by atoms with Crippen molar-refractivity contribution in [2.24, 2.45) is 5.73 Å². The van der Waals surface area contributed by atoms with E-state index in [1.54, 1.807) is 11.3 Å². The average molecular weight is 263 g/mol. The van der Waals surface area contributed by atoms with Crippen LogP contribution >= 0.6 is 23.1 Å². The summed E-state index contributed by atoms with van der Waals surface area (Å²) in [5.41, 5.74) is 8.83. The second kappa shape index (κ2) is 6.24. The molecule has 1 nitrogen and oxygen atoms in total. The Morgan fingerprint density at radius 2 is 2.12 bits per heavy atom. The van der Waals surface area contributed by atoms with Crippen LogP contribution in [0.2, 0.25) is 0 Å². The van der Waals surface area contributed by atoms with E-state index in [9.17, 15) is 0 Å². The summed E-state index contributed by atoms with van der Waals surface area (Å²) in [4.78, 5) is 1.34. The van der Waals surface area contributed by atoms with Crippen LogP contribution in [0.4, 0.5) is 0 Å². The molecule has 0 aliphatic rings. The van der Waals surface area contributed by atoms with Gasteiger partial charge in [-0.25, -0.2) is 0 Å². The van der Waals surface area contributed by atoms with Gasteiger partial charge in [-0.05, 0) is 47.4 Å². The first-order chi connectivity index (χ1) is 8.25. The second-order valence-electron chi connectivity index (χ2n) is 4.17. The van der Waals surface area contributed by atoms with Gasteiger partial charge in [0.1, 0.15) is 0 Å². The molecule has 1 unspecified atom stereocenters. The third-order valence-electron chi connectivity index (χ3n) is 2.62. The van der Waals surface area contributed by atoms with Gasteiger partial charge in [-0.3, -0.25) is 0 Å². The Hall–Kier alpha value is -0.770. The number of nitrogens with two attached hydrogens (primary N) is 1. The molecule has 0 aliphatic heterocycles. The molecule has 90 valence electrons. The quantitative estimate of drug-likeness (QED) is 0.832. The number of thiophene rings is 1. The van der Waals surface area contributed by atoms with Crippen molar-refractivity contribution in [2.75, 3.05) is 5.75 Å². The molecule has 1 aromatic heterocycles. The fourth-order valence-electron chi connectivity index (χ4n) is 1.69. The molecular formula is C14H17NS2. The Labute approximate surface area is 111 Å². The van der Waals surface area contributed by atoms with Crippen LogP contribution in [0.1, 0.15) is 11.1 Å². The molecule has 0 aliphatic carbocycles. The van der Waals surface area contributed by atoms with Crippen LogP contribution in [0.15, 0.2) is 46.0 Å². The van der Waals surface area contributed by atoms with Crippen molar-refractivity contribution >= 4 is 23.1 Å². The largest absolute Gasteiger partial charge is 0.327 e. The highest BCUT2D eigenvalue weighted by Crippen LogP contribution is 2.22. The summed E-state index contributed by atoms with van der Waals surface area (Å²) in [6, 6.07) is 10.9. The van der Waals surface area contributed by atoms with Crippen molar-refractivity contribution < 1.29 is 0 Å². The normalized spacial score (nSPS) is 12.6. The van der Waals surface area contributed by atoms with E-state index in [1.165, 1.54) is 16.0 Å². The predicted molar refractivity (Wildman–Crippen MR) is 77.9 cm³/mol. The highest BCUT2D eigenvalue weighted by molar-refractivity contribution is 7.99. The lowest BCUT2D eigenvalue weighted by atomic mass is 10.1. The molecule has 0 saturated carbocycles. The molecule has 1 aromatic carbocycles. The minimum Gasteiger partial charge on any atom is -0.327 e. The molecule has 2 rings (SSSR count). The van der Waals surface area contributed by atoms with Crippen molar-refractivity contribution in [3.8, 4) is 0 Å². The average Bonchev–Trinajstić information content (AvgIpc) is 2.81. The smallest absolute Gasteiger partial charge is 0.0174 e. The van der Waals surface area contributed by atoms with E-state index in [0.717, 1.165) is 12.2 Å². The molecule has 2 aromatic rings. The van der Waals surface area contributed by atoms with Gasteiger partial charge < -0.3 is 5.73 Å². The third-order valence-corrected chi connectivity index (χ3v) is 4.72. The van der Waals surface area contributed by atoms with Gasteiger partial charge in [0.2, 0.25) is 0 Å². The maximum absolute atomic E-state index is 6.15. The number of thioether (sulfide) groups is 1. The molecule has 2 N–H and O–H groups in total. The maximum atomic E-state index is 6.15. The van der Waals surface area contributed by atoms with Crippen LogP contribution in [-0.4, -0.2) is 11.8 Å². The number of benzene rings is 1. The van der Waals surface area contributed by atoms with Crippen LogP contribution in [0, 0.1) is 6.92 Å². The predicted octanol–water partition coefficient (Wildman–Crippen LogP) is 3.72. The monoisotopic (exact) mass is 263 g/mol. The van der Waals surface area contributed by atoms with Crippen LogP contribution in [-0.2, 0) is 6.42 Å². The van der Waals surface area contributed by atoms with E-state index >= 15 is 0 Å². The summed E-state index contributed by atoms with van der Waals surface area (Å²) < 4.78 is 0. The molecule has 0 radical (unpaired) electrons. The summed E-state index contributed by atoms with van der Waals surface area (Å²) in [5.74, 6) is 0.973. The highest BCUT2D eigenvalue weighted by atomic mass is 32.2. The fraction of sp³-hybridized carbons (Fsp3) is 0.286. The van der Waals surface area contributed by atoms with Gasteiger partial charge in [-0.2, -0.15) is 11.3 Å². The zero-order valence-corrected chi connectivity index (χ0v) is 11.6. The van der Waals surface area contributed by atoms with Crippen molar-refractivity contribution in [2.45, 2.75) is 24.3 Å². The van der Waals surface area contributed by atoms with Crippen LogP contribution in [0.25, 0.3) is 0 Å². The SMILES string of the molecule is Cc1ccccc1SCC(N)Cc1ccsc1. The topological polar surface area (TPSA) is 26.0 Å². The Kier molecular flexibility index (Phi) is 4.66. The van der Waals surface area contributed by atoms with Crippen molar-refractivity contribution in [1.29, 1.82) is 0 Å². The van der Waals surface area contributed by atoms with Crippen LogP contribution in [0.3, 0.4) is 0 Å². The Bertz CT molecular complexity index is 451. The zero-order valence-electron chi connectivity index (χ0n) is 9.93. The first kappa shape index (κ1) is 12.7. The number of rotatable bonds is 5. The minimum absolute atomic E-state index is 0.231. The molecule has 0 saturated heterocycles. The van der Waals surface area contributed by atoms with Crippen molar-refractivity contribution in [3.63, 3.8) is 0 Å². The fourth-order valence-corrected chi connectivity index (χ4v) is 3.35. The van der Waals surface area contributed by atoms with Gasteiger partial charge in [0.15, 0.2) is 0 Å². The van der Waals surface area contributed by atoms with Gasteiger partial charge >= 0.3 is 0 Å². The van der Waals surface area contributed by atoms with E-state index in [1.807, 2.05) is 11.8 Å². The summed E-state index contributed by atoms with van der Waals surface area (Å²) in [7, 11) is 0. The van der Waals surface area contributed by atoms with Crippen molar-refractivity contribution in [1.82, 2.24) is 0 Å². The maximum Gasteiger partial charge on any atom is 0.0174 e. The lowest BCUT2D eigenvalue weighted by Gasteiger charge is -2.11. The minimum atomic E-state index is 0.231. The Balaban J connectivity index is 1.84. The molecule has 0 amide bonds. The lowest BCUT2D eigenvalue weighted by molar-refractivity contribution is 0.750. The molecule has 0 fully saturated rings. The van der Waals surface area contributed by atoms with Crippen molar-refractivity contribution in [3.05, 3.63) is 52.2 Å². The molecule has 1 heterocycles. The standard InChI is InChI=1S/C14H17NS2/c1-11-4-2-3-5-14(11)17-10-13(15)8-12-6-7-16-9-12/h2-7,9,13H,8,10,15H2,1H3. The zero-order chi connectivity index (χ0) is 12.1. The summed E-state index contributed by atoms with van der Waals surface area (Å²) in [5, 5.41) is 4.29. The van der Waals surface area contributed by atoms with Crippen LogP contribution in [0.5, 0.6) is 0 Å². The van der Waals surface area contributed by atoms with E-state index < -0.39 is 0 Å². The molecular weight excluding hydrogens is 246 g/mol. The van der Waals surface area contributed by atoms with Gasteiger partial charge in [-0.1, -0.05) is 18.2 Å². The molecule has 0 spiro atoms. The van der Waals surface area contributed by atoms with E-state index in [0.29, 0.717) is 0 Å². The molecule has 17 heavy (non-hydrogen) atoms. The van der Waals surface area contributed by atoms with Crippen LogP contribution < -0.4 is 5.73 Å². The van der Waals surface area contributed by atoms with E-state index in [-0.39, 0.29) is 6.04 Å². The number of aryl methyl sites for hydroxylation is 1. The molecule has 3 heteroatoms. The number of hydrogen-bond donors (Lipinski definition) is 1. The highest BCUT2D eigenvalue weighted by Gasteiger charge is 2.06. The van der Waals surface area contributed by atoms with E-state index in [4.69, 9.17) is 5.73 Å². The third kappa shape index (κ3) is 3.87. The second-order valence-corrected chi connectivity index (χ2v) is 6.01. The lowest BCUT2D eigenvalue weighted by Crippen LogP contribution is -2.25. The first-order valence-corrected chi connectivity index (χ1v) is 7.63.